The van der Waals surface area contributed by atoms with Gasteiger partial charge >= 0.3 is 0 Å². The van der Waals surface area contributed by atoms with Crippen LogP contribution in [0.1, 0.15) is 21.5 Å². The predicted octanol–water partition coefficient (Wildman–Crippen LogP) is 3.54. The molecule has 11 heteroatoms. The zero-order valence-corrected chi connectivity index (χ0v) is 20.3. The summed E-state index contributed by atoms with van der Waals surface area (Å²) >= 11 is 0. The number of nitro benzene ring substituents is 1. The number of amides is 2. The van der Waals surface area contributed by atoms with Gasteiger partial charge in [-0.1, -0.05) is 18.2 Å². The maximum Gasteiger partial charge on any atom is 0.287 e. The molecule has 0 aliphatic carbocycles. The van der Waals surface area contributed by atoms with Crippen LogP contribution in [0.2, 0.25) is 0 Å². The summed E-state index contributed by atoms with van der Waals surface area (Å²) in [4.78, 5) is 36.4. The monoisotopic (exact) mass is 504 g/mol. The van der Waals surface area contributed by atoms with Crippen molar-refractivity contribution < 1.29 is 28.7 Å². The molecule has 190 valence electrons. The number of ether oxygens (including phenoxy) is 3. The molecule has 0 unspecified atom stereocenters. The summed E-state index contributed by atoms with van der Waals surface area (Å²) in [6, 6.07) is 17.3. The molecule has 0 aromatic heterocycles. The lowest BCUT2D eigenvalue weighted by Crippen LogP contribution is -2.32. The first-order valence-corrected chi connectivity index (χ1v) is 10.8. The van der Waals surface area contributed by atoms with Gasteiger partial charge in [0.2, 0.25) is 0 Å². The lowest BCUT2D eigenvalue weighted by molar-refractivity contribution is -0.384. The molecule has 0 atom stereocenters. The average molecular weight is 504 g/mol. The second kappa shape index (κ2) is 12.5. The number of carbonyl (C=O) groups excluding carboxylic acids is 2. The molecule has 2 amide bonds. The first-order chi connectivity index (χ1) is 17.9. The average Bonchev–Trinajstić information content (AvgIpc) is 2.92. The van der Waals surface area contributed by atoms with Gasteiger partial charge in [0.15, 0.2) is 0 Å². The van der Waals surface area contributed by atoms with Crippen LogP contribution in [-0.4, -0.2) is 44.3 Å². The van der Waals surface area contributed by atoms with Gasteiger partial charge in [0.05, 0.1) is 32.5 Å². The summed E-state index contributed by atoms with van der Waals surface area (Å²) < 4.78 is 15.8. The van der Waals surface area contributed by atoms with Gasteiger partial charge in [-0.15, -0.1) is 0 Å². The molecule has 0 bridgehead atoms. The third-order valence-electron chi connectivity index (χ3n) is 5.06. The van der Waals surface area contributed by atoms with Crippen molar-refractivity contribution in [1.29, 1.82) is 0 Å². The summed E-state index contributed by atoms with van der Waals surface area (Å²) in [7, 11) is 4.38. The standard InChI is InChI=1S/C26H24N4O7/c1-35-21-11-9-18(24(15-21)37-3)14-22(28-25(31)17-7-5-4-6-8-17)26(32)29-27-16-19-13-20(30(33)34)10-12-23(19)36-2/h4-16H,1-3H3,(H,28,31)(H,29,32)/b22-14+,27-16+. The minimum atomic E-state index is -0.747. The van der Waals surface area contributed by atoms with Crippen molar-refractivity contribution in [2.75, 3.05) is 21.3 Å². The highest BCUT2D eigenvalue weighted by molar-refractivity contribution is 6.05. The fraction of sp³-hybridized carbons (Fsp3) is 0.115. The molecule has 0 radical (unpaired) electrons. The summed E-state index contributed by atoms with van der Waals surface area (Å²) in [5.74, 6) is 0.00796. The van der Waals surface area contributed by atoms with Crippen LogP contribution in [0.4, 0.5) is 5.69 Å². The largest absolute Gasteiger partial charge is 0.497 e. The fourth-order valence-electron chi connectivity index (χ4n) is 3.19. The Balaban J connectivity index is 1.92. The molecule has 3 aromatic carbocycles. The summed E-state index contributed by atoms with van der Waals surface area (Å²) in [5, 5.41) is 17.6. The first-order valence-electron chi connectivity index (χ1n) is 10.8. The smallest absolute Gasteiger partial charge is 0.287 e. The maximum atomic E-state index is 13.0. The van der Waals surface area contributed by atoms with E-state index in [0.29, 0.717) is 28.4 Å². The van der Waals surface area contributed by atoms with Crippen molar-refractivity contribution in [1.82, 2.24) is 10.7 Å². The number of non-ortho nitro benzene ring substituents is 1. The lowest BCUT2D eigenvalue weighted by atomic mass is 10.1. The highest BCUT2D eigenvalue weighted by Gasteiger charge is 2.16. The lowest BCUT2D eigenvalue weighted by Gasteiger charge is -2.12. The molecule has 0 heterocycles. The van der Waals surface area contributed by atoms with Crippen molar-refractivity contribution in [2.45, 2.75) is 0 Å². The molecular formula is C26H24N4O7. The van der Waals surface area contributed by atoms with Crippen LogP contribution < -0.4 is 25.0 Å². The van der Waals surface area contributed by atoms with E-state index in [-0.39, 0.29) is 16.9 Å². The Labute approximate surface area is 212 Å². The molecule has 11 nitrogen and oxygen atoms in total. The molecule has 3 aromatic rings. The third-order valence-corrected chi connectivity index (χ3v) is 5.06. The summed E-state index contributed by atoms with van der Waals surface area (Å²) in [6.45, 7) is 0. The van der Waals surface area contributed by atoms with Gasteiger partial charge in [-0.2, -0.15) is 5.10 Å². The quantitative estimate of drug-likeness (QED) is 0.186. The van der Waals surface area contributed by atoms with Crippen LogP contribution in [0.15, 0.2) is 77.5 Å². The Morgan fingerprint density at radius 3 is 2.27 bits per heavy atom. The Morgan fingerprint density at radius 1 is 0.892 bits per heavy atom. The molecular weight excluding hydrogens is 480 g/mol. The molecule has 0 aliphatic heterocycles. The number of benzene rings is 3. The molecule has 37 heavy (non-hydrogen) atoms. The molecule has 3 rings (SSSR count). The predicted molar refractivity (Wildman–Crippen MR) is 137 cm³/mol. The Kier molecular flexibility index (Phi) is 8.92. The van der Waals surface area contributed by atoms with Crippen molar-refractivity contribution in [2.24, 2.45) is 5.10 Å². The van der Waals surface area contributed by atoms with E-state index in [4.69, 9.17) is 14.2 Å². The van der Waals surface area contributed by atoms with E-state index in [9.17, 15) is 19.7 Å². The number of hydrazone groups is 1. The van der Waals surface area contributed by atoms with Gasteiger partial charge in [0.25, 0.3) is 17.5 Å². The Hall–Kier alpha value is -5.19. The Morgan fingerprint density at radius 2 is 1.62 bits per heavy atom. The zero-order chi connectivity index (χ0) is 26.8. The molecule has 2 N–H and O–H groups in total. The molecule has 0 spiro atoms. The van der Waals surface area contributed by atoms with Gasteiger partial charge < -0.3 is 19.5 Å². The third kappa shape index (κ3) is 6.92. The van der Waals surface area contributed by atoms with Crippen LogP contribution in [0.3, 0.4) is 0 Å². The van der Waals surface area contributed by atoms with E-state index < -0.39 is 16.7 Å². The molecule has 0 fully saturated rings. The van der Waals surface area contributed by atoms with Crippen LogP contribution in [-0.2, 0) is 4.79 Å². The molecule has 0 saturated heterocycles. The number of methoxy groups -OCH3 is 3. The highest BCUT2D eigenvalue weighted by Crippen LogP contribution is 2.26. The molecule has 0 saturated carbocycles. The first kappa shape index (κ1) is 26.4. The van der Waals surface area contributed by atoms with Gasteiger partial charge in [0, 0.05) is 34.9 Å². The van der Waals surface area contributed by atoms with E-state index in [1.807, 2.05) is 0 Å². The van der Waals surface area contributed by atoms with Gasteiger partial charge in [-0.05, 0) is 36.4 Å². The minimum Gasteiger partial charge on any atom is -0.497 e. The fourth-order valence-corrected chi connectivity index (χ4v) is 3.19. The van der Waals surface area contributed by atoms with E-state index in [2.05, 4.69) is 15.8 Å². The second-order valence-electron chi connectivity index (χ2n) is 7.37. The SMILES string of the molecule is COc1ccc(/C=C(/NC(=O)c2ccccc2)C(=O)N/N=C/c2cc([N+](=O)[O-])ccc2OC)c(OC)c1. The highest BCUT2D eigenvalue weighted by atomic mass is 16.6. The number of nitrogens with one attached hydrogen (secondary N) is 2. The van der Waals surface area contributed by atoms with E-state index >= 15 is 0 Å². The number of rotatable bonds is 10. The second-order valence-corrected chi connectivity index (χ2v) is 7.37. The summed E-state index contributed by atoms with van der Waals surface area (Å²) in [6.07, 6.45) is 2.63. The van der Waals surface area contributed by atoms with Crippen LogP contribution >= 0.6 is 0 Å². The number of nitrogens with zero attached hydrogens (tertiary/aromatic N) is 2. The van der Waals surface area contributed by atoms with Gasteiger partial charge in [0.1, 0.15) is 22.9 Å². The molecule has 0 aliphatic rings. The number of carbonyl (C=O) groups is 2. The zero-order valence-electron chi connectivity index (χ0n) is 20.3. The van der Waals surface area contributed by atoms with Crippen molar-refractivity contribution in [3.8, 4) is 17.2 Å². The van der Waals surface area contributed by atoms with Crippen molar-refractivity contribution in [3.63, 3.8) is 0 Å². The topological polar surface area (TPSA) is 141 Å². The number of hydrogen-bond donors (Lipinski definition) is 2. The van der Waals surface area contributed by atoms with Crippen LogP contribution in [0.5, 0.6) is 17.2 Å². The summed E-state index contributed by atoms with van der Waals surface area (Å²) in [5.41, 5.74) is 3.13. The normalized spacial score (nSPS) is 11.1. The van der Waals surface area contributed by atoms with Crippen molar-refractivity contribution in [3.05, 3.63) is 99.2 Å². The van der Waals surface area contributed by atoms with E-state index in [1.54, 1.807) is 48.5 Å². The number of nitro groups is 1. The van der Waals surface area contributed by atoms with Gasteiger partial charge in [-0.3, -0.25) is 19.7 Å². The Bertz CT molecular complexity index is 1350. The minimum absolute atomic E-state index is 0.125. The maximum absolute atomic E-state index is 13.0. The van der Waals surface area contributed by atoms with Crippen LogP contribution in [0, 0.1) is 10.1 Å². The van der Waals surface area contributed by atoms with Crippen LogP contribution in [0.25, 0.3) is 6.08 Å². The van der Waals surface area contributed by atoms with E-state index in [0.717, 1.165) is 0 Å². The van der Waals surface area contributed by atoms with Gasteiger partial charge in [-0.25, -0.2) is 5.43 Å². The van der Waals surface area contributed by atoms with E-state index in [1.165, 1.54) is 51.8 Å². The number of hydrogen-bond acceptors (Lipinski definition) is 8. The van der Waals surface area contributed by atoms with Crippen molar-refractivity contribution >= 4 is 29.8 Å².